The summed E-state index contributed by atoms with van der Waals surface area (Å²) in [5.74, 6) is 0.724. The summed E-state index contributed by atoms with van der Waals surface area (Å²) in [6, 6.07) is 0.496. The third-order valence-electron chi connectivity index (χ3n) is 2.87. The third-order valence-corrected chi connectivity index (χ3v) is 4.35. The van der Waals surface area contributed by atoms with Crippen molar-refractivity contribution in [3.63, 3.8) is 0 Å². The lowest BCUT2D eigenvalue weighted by molar-refractivity contribution is 0.347. The fourth-order valence-electron chi connectivity index (χ4n) is 1.94. The second-order valence-electron chi connectivity index (χ2n) is 4.01. The van der Waals surface area contributed by atoms with Crippen LogP contribution in [-0.2, 0) is 0 Å². The van der Waals surface area contributed by atoms with Gasteiger partial charge in [-0.25, -0.2) is 4.98 Å². The van der Waals surface area contributed by atoms with Gasteiger partial charge < -0.3 is 10.6 Å². The summed E-state index contributed by atoms with van der Waals surface area (Å²) in [7, 11) is 0. The second-order valence-corrected chi connectivity index (χ2v) is 5.69. The van der Waals surface area contributed by atoms with Crippen LogP contribution in [0.4, 0.5) is 5.13 Å². The molecule has 2 rings (SSSR count). The van der Waals surface area contributed by atoms with E-state index in [0.717, 1.165) is 22.2 Å². The molecule has 1 fully saturated rings. The Hall–Kier alpha value is -0.130. The molecule has 0 radical (unpaired) electrons. The number of piperidine rings is 1. The minimum atomic E-state index is 0.496. The van der Waals surface area contributed by atoms with E-state index in [1.54, 1.807) is 11.3 Å². The first-order valence-corrected chi connectivity index (χ1v) is 7.01. The largest absolute Gasteiger partial charge is 0.359 e. The quantitative estimate of drug-likeness (QED) is 0.898. The van der Waals surface area contributed by atoms with Gasteiger partial charge in [0.25, 0.3) is 0 Å². The van der Waals surface area contributed by atoms with Gasteiger partial charge in [-0.1, -0.05) is 0 Å². The van der Waals surface area contributed by atoms with E-state index in [-0.39, 0.29) is 0 Å². The topological polar surface area (TPSA) is 37.0 Å². The SMILES string of the molecule is CC(Nc1nc(Br)cs1)C1CCCNC1. The van der Waals surface area contributed by atoms with Gasteiger partial charge in [-0.15, -0.1) is 11.3 Å². The molecule has 1 aliphatic rings. The van der Waals surface area contributed by atoms with Gasteiger partial charge in [0.1, 0.15) is 4.60 Å². The van der Waals surface area contributed by atoms with Crippen LogP contribution in [0.5, 0.6) is 0 Å². The number of hydrogen-bond acceptors (Lipinski definition) is 4. The third kappa shape index (κ3) is 3.16. The molecule has 1 aromatic rings. The first kappa shape index (κ1) is 11.4. The van der Waals surface area contributed by atoms with Crippen LogP contribution >= 0.6 is 27.3 Å². The van der Waals surface area contributed by atoms with Crippen LogP contribution in [0.1, 0.15) is 19.8 Å². The predicted molar refractivity (Wildman–Crippen MR) is 68.5 cm³/mol. The summed E-state index contributed by atoms with van der Waals surface area (Å²) in [5, 5.41) is 9.93. The highest BCUT2D eigenvalue weighted by atomic mass is 79.9. The molecule has 1 aliphatic heterocycles. The molecule has 1 aromatic heterocycles. The van der Waals surface area contributed by atoms with E-state index in [0.29, 0.717) is 6.04 Å². The van der Waals surface area contributed by atoms with Crippen molar-refractivity contribution in [1.29, 1.82) is 0 Å². The summed E-state index contributed by atoms with van der Waals surface area (Å²) >= 11 is 5.02. The van der Waals surface area contributed by atoms with Gasteiger partial charge in [-0.05, 0) is 54.7 Å². The first-order valence-electron chi connectivity index (χ1n) is 5.34. The van der Waals surface area contributed by atoms with Crippen LogP contribution in [0.25, 0.3) is 0 Å². The maximum absolute atomic E-state index is 4.35. The number of nitrogens with zero attached hydrogens (tertiary/aromatic N) is 1. The van der Waals surface area contributed by atoms with E-state index in [2.05, 4.69) is 38.5 Å². The lowest BCUT2D eigenvalue weighted by atomic mass is 9.93. The van der Waals surface area contributed by atoms with Gasteiger partial charge in [-0.2, -0.15) is 0 Å². The summed E-state index contributed by atoms with van der Waals surface area (Å²) in [6.07, 6.45) is 2.60. The van der Waals surface area contributed by atoms with Crippen LogP contribution in [0.3, 0.4) is 0 Å². The Bertz CT molecular complexity index is 309. The zero-order valence-corrected chi connectivity index (χ0v) is 11.2. The molecule has 0 spiro atoms. The number of anilines is 1. The Balaban J connectivity index is 1.88. The Kier molecular flexibility index (Phi) is 3.99. The van der Waals surface area contributed by atoms with Crippen molar-refractivity contribution in [3.8, 4) is 0 Å². The predicted octanol–water partition coefficient (Wildman–Crippen LogP) is 2.71. The lowest BCUT2D eigenvalue weighted by Crippen LogP contribution is -2.38. The molecule has 0 aromatic carbocycles. The zero-order chi connectivity index (χ0) is 10.7. The lowest BCUT2D eigenvalue weighted by Gasteiger charge is -2.28. The number of aromatic nitrogens is 1. The summed E-state index contributed by atoms with van der Waals surface area (Å²) in [4.78, 5) is 4.35. The molecule has 0 saturated carbocycles. The maximum atomic E-state index is 4.35. The van der Waals surface area contributed by atoms with Crippen molar-refractivity contribution < 1.29 is 0 Å². The number of thiazole rings is 1. The van der Waals surface area contributed by atoms with E-state index in [1.807, 2.05) is 5.38 Å². The molecule has 3 nitrogen and oxygen atoms in total. The average molecular weight is 290 g/mol. The molecular formula is C10H16BrN3S. The molecule has 0 bridgehead atoms. The molecule has 2 unspecified atom stereocenters. The summed E-state index contributed by atoms with van der Waals surface area (Å²) in [5.41, 5.74) is 0. The Morgan fingerprint density at radius 2 is 2.60 bits per heavy atom. The molecule has 84 valence electrons. The van der Waals surface area contributed by atoms with E-state index in [1.165, 1.54) is 19.4 Å². The maximum Gasteiger partial charge on any atom is 0.183 e. The number of rotatable bonds is 3. The Morgan fingerprint density at radius 3 is 3.20 bits per heavy atom. The van der Waals surface area contributed by atoms with Crippen LogP contribution < -0.4 is 10.6 Å². The molecular weight excluding hydrogens is 274 g/mol. The standard InChI is InChI=1S/C10H16BrN3S/c1-7(8-3-2-4-12-5-8)13-10-14-9(11)6-15-10/h6-8,12H,2-5H2,1H3,(H,13,14). The fraction of sp³-hybridized carbons (Fsp3) is 0.700. The van der Waals surface area contributed by atoms with Gasteiger partial charge in [0.15, 0.2) is 5.13 Å². The van der Waals surface area contributed by atoms with Crippen LogP contribution in [-0.4, -0.2) is 24.1 Å². The molecule has 0 amide bonds. The molecule has 15 heavy (non-hydrogen) atoms. The highest BCUT2D eigenvalue weighted by Gasteiger charge is 2.20. The molecule has 2 heterocycles. The van der Waals surface area contributed by atoms with Crippen molar-refractivity contribution in [2.45, 2.75) is 25.8 Å². The van der Waals surface area contributed by atoms with Crippen molar-refractivity contribution >= 4 is 32.4 Å². The fourth-order valence-corrected chi connectivity index (χ4v) is 3.18. The van der Waals surface area contributed by atoms with Crippen molar-refractivity contribution in [1.82, 2.24) is 10.3 Å². The van der Waals surface area contributed by atoms with Gasteiger partial charge in [-0.3, -0.25) is 0 Å². The monoisotopic (exact) mass is 289 g/mol. The molecule has 2 atom stereocenters. The highest BCUT2D eigenvalue weighted by molar-refractivity contribution is 9.10. The first-order chi connectivity index (χ1) is 7.25. The van der Waals surface area contributed by atoms with Crippen molar-refractivity contribution in [3.05, 3.63) is 9.98 Å². The van der Waals surface area contributed by atoms with E-state index in [9.17, 15) is 0 Å². The average Bonchev–Trinajstić information content (AvgIpc) is 2.65. The van der Waals surface area contributed by atoms with Crippen molar-refractivity contribution in [2.24, 2.45) is 5.92 Å². The molecule has 0 aliphatic carbocycles. The van der Waals surface area contributed by atoms with Crippen LogP contribution in [0.15, 0.2) is 9.98 Å². The number of nitrogens with one attached hydrogen (secondary N) is 2. The minimum Gasteiger partial charge on any atom is -0.359 e. The summed E-state index contributed by atoms with van der Waals surface area (Å²) < 4.78 is 0.920. The molecule has 2 N–H and O–H groups in total. The summed E-state index contributed by atoms with van der Waals surface area (Å²) in [6.45, 7) is 4.54. The normalized spacial score (nSPS) is 23.7. The second kappa shape index (κ2) is 5.27. The van der Waals surface area contributed by atoms with E-state index >= 15 is 0 Å². The smallest absolute Gasteiger partial charge is 0.183 e. The van der Waals surface area contributed by atoms with Gasteiger partial charge >= 0.3 is 0 Å². The zero-order valence-electron chi connectivity index (χ0n) is 8.79. The van der Waals surface area contributed by atoms with Gasteiger partial charge in [0.2, 0.25) is 0 Å². The van der Waals surface area contributed by atoms with Crippen LogP contribution in [0, 0.1) is 5.92 Å². The highest BCUT2D eigenvalue weighted by Crippen LogP contribution is 2.23. The van der Waals surface area contributed by atoms with Gasteiger partial charge in [0, 0.05) is 11.4 Å². The number of hydrogen-bond donors (Lipinski definition) is 2. The van der Waals surface area contributed by atoms with E-state index < -0.39 is 0 Å². The van der Waals surface area contributed by atoms with Gasteiger partial charge in [0.05, 0.1) is 0 Å². The van der Waals surface area contributed by atoms with E-state index in [4.69, 9.17) is 0 Å². The molecule has 1 saturated heterocycles. The Morgan fingerprint density at radius 1 is 1.73 bits per heavy atom. The molecule has 5 heteroatoms. The number of halogens is 1. The Labute approximate surface area is 103 Å². The van der Waals surface area contributed by atoms with Crippen LogP contribution in [0.2, 0.25) is 0 Å². The van der Waals surface area contributed by atoms with Crippen molar-refractivity contribution in [2.75, 3.05) is 18.4 Å². The minimum absolute atomic E-state index is 0.496.